The zero-order valence-electron chi connectivity index (χ0n) is 17.2. The molecule has 1 N–H and O–H groups in total. The monoisotopic (exact) mass is 442 g/mol. The molecule has 12 heteroatoms. The van der Waals surface area contributed by atoms with Gasteiger partial charge < -0.3 is 14.6 Å². The largest absolute Gasteiger partial charge is 0.385 e. The average molecular weight is 442 g/mol. The molecule has 1 aliphatic carbocycles. The first-order valence-electron chi connectivity index (χ1n) is 10.1. The Morgan fingerprint density at radius 2 is 2.19 bits per heavy atom. The molecule has 2 aliphatic heterocycles. The molecule has 2 atom stereocenters. The van der Waals surface area contributed by atoms with Crippen LogP contribution in [-0.2, 0) is 11.3 Å². The molecular weight excluding hydrogens is 422 g/mol. The van der Waals surface area contributed by atoms with E-state index in [1.807, 2.05) is 6.08 Å². The van der Waals surface area contributed by atoms with E-state index in [2.05, 4.69) is 26.0 Å². The topological polar surface area (TPSA) is 115 Å². The number of allylic oxidation sites excluding steroid dienone is 2. The summed E-state index contributed by atoms with van der Waals surface area (Å²) in [5, 5.41) is 9.27. The number of aliphatic imine (C=N–C) groups is 1. The van der Waals surface area contributed by atoms with Crippen molar-refractivity contribution in [1.29, 1.82) is 5.26 Å². The van der Waals surface area contributed by atoms with Gasteiger partial charge in [-0.15, -0.1) is 0 Å². The van der Waals surface area contributed by atoms with E-state index >= 15 is 0 Å². The maximum absolute atomic E-state index is 13.6. The number of anilines is 2. The molecule has 4 heterocycles. The van der Waals surface area contributed by atoms with Crippen LogP contribution in [-0.4, -0.2) is 70.7 Å². The molecule has 5 rings (SSSR count). The Balaban J connectivity index is 1.60. The van der Waals surface area contributed by atoms with Gasteiger partial charge >= 0.3 is 5.69 Å². The summed E-state index contributed by atoms with van der Waals surface area (Å²) in [6, 6.07) is 1.59. The molecule has 32 heavy (non-hydrogen) atoms. The number of halogens is 2. The summed E-state index contributed by atoms with van der Waals surface area (Å²) in [7, 11) is 1.57. The number of nitrogens with one attached hydrogen (secondary N) is 1. The maximum atomic E-state index is 13.6. The third kappa shape index (κ3) is 3.34. The van der Waals surface area contributed by atoms with Gasteiger partial charge in [0.25, 0.3) is 5.92 Å². The quantitative estimate of drug-likeness (QED) is 0.669. The van der Waals surface area contributed by atoms with Crippen LogP contribution >= 0.6 is 0 Å². The van der Waals surface area contributed by atoms with Gasteiger partial charge in [0.15, 0.2) is 11.5 Å². The minimum atomic E-state index is -2.81. The summed E-state index contributed by atoms with van der Waals surface area (Å²) in [5.41, 5.74) is 0.741. The molecule has 0 spiro atoms. The van der Waals surface area contributed by atoms with Gasteiger partial charge in [-0.05, 0) is 18.6 Å². The van der Waals surface area contributed by atoms with Gasteiger partial charge in [-0.2, -0.15) is 15.2 Å². The number of nitrogens with zero attached hydrogens (tertiary/aromatic N) is 7. The number of aromatic nitrogens is 4. The Kier molecular flexibility index (Phi) is 4.78. The van der Waals surface area contributed by atoms with Crippen LogP contribution in [0.2, 0.25) is 0 Å². The van der Waals surface area contributed by atoms with Crippen LogP contribution in [0.3, 0.4) is 0 Å². The van der Waals surface area contributed by atoms with Gasteiger partial charge in [0, 0.05) is 25.8 Å². The minimum Gasteiger partial charge on any atom is -0.385 e. The van der Waals surface area contributed by atoms with Crippen molar-refractivity contribution in [3.8, 4) is 6.07 Å². The summed E-state index contributed by atoms with van der Waals surface area (Å²) in [6.45, 7) is -0.174. The second-order valence-corrected chi connectivity index (χ2v) is 7.93. The number of H-pyrrole nitrogens is 1. The van der Waals surface area contributed by atoms with E-state index in [4.69, 9.17) is 4.74 Å². The zero-order valence-corrected chi connectivity index (χ0v) is 17.2. The highest BCUT2D eigenvalue weighted by molar-refractivity contribution is 5.89. The predicted molar refractivity (Wildman–Crippen MR) is 113 cm³/mol. The lowest BCUT2D eigenvalue weighted by Crippen LogP contribution is -2.56. The number of aromatic amines is 1. The summed E-state index contributed by atoms with van der Waals surface area (Å²) < 4.78 is 33.8. The number of hydrogen-bond acceptors (Lipinski definition) is 8. The van der Waals surface area contributed by atoms with E-state index in [-0.39, 0.29) is 23.8 Å². The van der Waals surface area contributed by atoms with Crippen molar-refractivity contribution in [3.63, 3.8) is 0 Å². The van der Waals surface area contributed by atoms with Gasteiger partial charge in [0.05, 0.1) is 37.6 Å². The third-order valence-electron chi connectivity index (χ3n) is 5.68. The number of imidazole rings is 1. The van der Waals surface area contributed by atoms with E-state index in [9.17, 15) is 18.8 Å². The van der Waals surface area contributed by atoms with Gasteiger partial charge in [0.2, 0.25) is 5.95 Å². The van der Waals surface area contributed by atoms with Crippen LogP contribution in [0.15, 0.2) is 33.6 Å². The maximum Gasteiger partial charge on any atom is 0.327 e. The molecule has 2 aromatic heterocycles. The lowest BCUT2D eigenvalue weighted by atomic mass is 9.99. The van der Waals surface area contributed by atoms with E-state index in [1.54, 1.807) is 30.5 Å². The Morgan fingerprint density at radius 1 is 1.38 bits per heavy atom. The highest BCUT2D eigenvalue weighted by Crippen LogP contribution is 2.35. The predicted octanol–water partition coefficient (Wildman–Crippen LogP) is 1.22. The van der Waals surface area contributed by atoms with Crippen molar-refractivity contribution < 1.29 is 13.5 Å². The molecule has 2 aromatic rings. The van der Waals surface area contributed by atoms with E-state index in [0.717, 1.165) is 0 Å². The van der Waals surface area contributed by atoms with Gasteiger partial charge in [-0.1, -0.05) is 6.08 Å². The van der Waals surface area contributed by atoms with Crippen LogP contribution in [0.4, 0.5) is 20.5 Å². The van der Waals surface area contributed by atoms with Crippen molar-refractivity contribution in [2.45, 2.75) is 31.0 Å². The van der Waals surface area contributed by atoms with Crippen LogP contribution in [0.1, 0.15) is 6.42 Å². The lowest BCUT2D eigenvalue weighted by Gasteiger charge is -2.39. The normalized spacial score (nSPS) is 23.2. The first-order valence-corrected chi connectivity index (χ1v) is 10.1. The highest BCUT2D eigenvalue weighted by Gasteiger charge is 2.46. The van der Waals surface area contributed by atoms with Crippen LogP contribution < -0.4 is 15.5 Å². The Hall–Kier alpha value is -3.59. The molecule has 10 nitrogen and oxygen atoms in total. The van der Waals surface area contributed by atoms with Crippen LogP contribution in [0.25, 0.3) is 11.2 Å². The van der Waals surface area contributed by atoms with E-state index < -0.39 is 24.7 Å². The fourth-order valence-corrected chi connectivity index (χ4v) is 4.11. The molecule has 0 amide bonds. The molecule has 3 aliphatic rings. The van der Waals surface area contributed by atoms with Crippen LogP contribution in [0.5, 0.6) is 0 Å². The smallest absolute Gasteiger partial charge is 0.327 e. The SMILES string of the molecule is COCCCn1c(=O)[nH]c2c(N3CC(F)(F)C3)nc(N3C=NC4C=CC(C#N)=CC43)nc21. The van der Waals surface area contributed by atoms with E-state index in [1.165, 1.54) is 9.47 Å². The van der Waals surface area contributed by atoms with Gasteiger partial charge in [0.1, 0.15) is 5.52 Å². The molecule has 0 saturated carbocycles. The summed E-state index contributed by atoms with van der Waals surface area (Å²) in [4.78, 5) is 32.0. The lowest BCUT2D eigenvalue weighted by molar-refractivity contribution is -0.0265. The fraction of sp³-hybridized carbons (Fsp3) is 0.450. The molecule has 0 radical (unpaired) electrons. The molecule has 0 bridgehead atoms. The Bertz CT molecular complexity index is 1250. The average Bonchev–Trinajstić information content (AvgIpc) is 3.31. The zero-order chi connectivity index (χ0) is 22.5. The molecule has 1 fully saturated rings. The van der Waals surface area contributed by atoms with Crippen LogP contribution in [0, 0.1) is 11.3 Å². The number of hydrogen-bond donors (Lipinski definition) is 1. The molecule has 166 valence electrons. The first-order chi connectivity index (χ1) is 15.4. The molecular formula is C20H20F2N8O2. The number of alkyl halides is 2. The molecule has 1 saturated heterocycles. The second-order valence-electron chi connectivity index (χ2n) is 7.93. The summed E-state index contributed by atoms with van der Waals surface area (Å²) in [5.74, 6) is -2.34. The number of fused-ring (bicyclic) bond motifs is 2. The Labute approximate surface area is 181 Å². The summed E-state index contributed by atoms with van der Waals surface area (Å²) in [6.07, 6.45) is 7.46. The number of methoxy groups -OCH3 is 1. The molecule has 2 unspecified atom stereocenters. The van der Waals surface area contributed by atoms with E-state index in [0.29, 0.717) is 36.3 Å². The van der Waals surface area contributed by atoms with Crippen molar-refractivity contribution in [1.82, 2.24) is 19.5 Å². The highest BCUT2D eigenvalue weighted by atomic mass is 19.3. The van der Waals surface area contributed by atoms with Gasteiger partial charge in [-0.25, -0.2) is 13.6 Å². The minimum absolute atomic E-state index is 0.210. The van der Waals surface area contributed by atoms with Crippen molar-refractivity contribution in [2.75, 3.05) is 36.6 Å². The van der Waals surface area contributed by atoms with Crippen molar-refractivity contribution in [2.24, 2.45) is 4.99 Å². The third-order valence-corrected chi connectivity index (χ3v) is 5.68. The number of rotatable bonds is 6. The Morgan fingerprint density at radius 3 is 2.91 bits per heavy atom. The number of aryl methyl sites for hydroxylation is 1. The van der Waals surface area contributed by atoms with Crippen molar-refractivity contribution >= 4 is 29.3 Å². The summed E-state index contributed by atoms with van der Waals surface area (Å²) >= 11 is 0. The molecule has 0 aromatic carbocycles. The standard InChI is InChI=1S/C20H20F2N8O2/c1-32-6-2-5-29-17-15(25-19(29)31)16(28-9-20(21,22)10-28)26-18(27-17)30-11-24-13-4-3-12(8-23)7-14(13)30/h3-4,7,11,13-14H,2,5-6,9-10H2,1H3,(H,25,31). The first kappa shape index (κ1) is 20.3. The number of ether oxygens (including phenoxy) is 1. The fourth-order valence-electron chi connectivity index (χ4n) is 4.11. The van der Waals surface area contributed by atoms with Crippen molar-refractivity contribution in [3.05, 3.63) is 34.3 Å². The number of nitriles is 1. The second kappa shape index (κ2) is 7.52. The van der Waals surface area contributed by atoms with Gasteiger partial charge in [-0.3, -0.25) is 14.5 Å².